The van der Waals surface area contributed by atoms with Crippen molar-refractivity contribution in [3.05, 3.63) is 28.5 Å². The number of hydrogen-bond donors (Lipinski definition) is 0. The molecule has 0 saturated heterocycles. The summed E-state index contributed by atoms with van der Waals surface area (Å²) in [5, 5.41) is -0.105. The highest BCUT2D eigenvalue weighted by Crippen LogP contribution is 2.32. The molecule has 106 valence electrons. The zero-order valence-electron chi connectivity index (χ0n) is 10.6. The van der Waals surface area contributed by atoms with E-state index >= 15 is 0 Å². The molecule has 3 nitrogen and oxygen atoms in total. The Morgan fingerprint density at radius 3 is 2.37 bits per heavy atom. The third kappa shape index (κ3) is 5.06. The molecule has 0 radical (unpaired) electrons. The third-order valence-corrected chi connectivity index (χ3v) is 2.19. The van der Waals surface area contributed by atoms with Crippen LogP contribution >= 0.6 is 11.6 Å². The molecule has 0 atom stereocenters. The first-order chi connectivity index (χ1) is 8.49. The molecule has 7 heteroatoms. The van der Waals surface area contributed by atoms with Gasteiger partial charge in [-0.05, 0) is 32.9 Å². The number of aromatic nitrogens is 1. The Labute approximate surface area is 113 Å². The van der Waals surface area contributed by atoms with Gasteiger partial charge in [-0.1, -0.05) is 11.6 Å². The standard InChI is InChI=1S/C12H13ClF3NO2/c1-11(2,3)19-10(18)6-8-7(12(14,15)16)4-5-9(13)17-8/h4-5H,6H2,1-3H3. The molecule has 19 heavy (non-hydrogen) atoms. The summed E-state index contributed by atoms with van der Waals surface area (Å²) in [6.07, 6.45) is -5.17. The van der Waals surface area contributed by atoms with E-state index in [1.165, 1.54) is 0 Å². The predicted octanol–water partition coefficient (Wildman–Crippen LogP) is 3.64. The lowest BCUT2D eigenvalue weighted by Gasteiger charge is -2.20. The van der Waals surface area contributed by atoms with Crippen molar-refractivity contribution >= 4 is 17.6 Å². The molecule has 1 aromatic heterocycles. The van der Waals surface area contributed by atoms with Gasteiger partial charge < -0.3 is 4.74 Å². The highest BCUT2D eigenvalue weighted by atomic mass is 35.5. The maximum absolute atomic E-state index is 12.7. The van der Waals surface area contributed by atoms with E-state index in [0.29, 0.717) is 0 Å². The number of carbonyl (C=O) groups excluding carboxylic acids is 1. The fourth-order valence-electron chi connectivity index (χ4n) is 1.38. The summed E-state index contributed by atoms with van der Waals surface area (Å²) < 4.78 is 43.2. The molecule has 0 aliphatic carbocycles. The molecule has 0 N–H and O–H groups in total. The largest absolute Gasteiger partial charge is 0.460 e. The molecule has 1 aromatic rings. The molecule has 0 saturated carbocycles. The summed E-state index contributed by atoms with van der Waals surface area (Å²) in [6.45, 7) is 4.88. The van der Waals surface area contributed by atoms with E-state index in [1.807, 2.05) is 0 Å². The second-order valence-corrected chi connectivity index (χ2v) is 5.28. The molecule has 0 fully saturated rings. The van der Waals surface area contributed by atoms with Crippen molar-refractivity contribution in [3.63, 3.8) is 0 Å². The van der Waals surface area contributed by atoms with Crippen molar-refractivity contribution in [2.75, 3.05) is 0 Å². The van der Waals surface area contributed by atoms with Crippen molar-refractivity contribution < 1.29 is 22.7 Å². The molecule has 0 aliphatic heterocycles. The monoisotopic (exact) mass is 295 g/mol. The van der Waals surface area contributed by atoms with Crippen LogP contribution in [0.25, 0.3) is 0 Å². The molecule has 0 unspecified atom stereocenters. The highest BCUT2D eigenvalue weighted by molar-refractivity contribution is 6.29. The fourth-order valence-corrected chi connectivity index (χ4v) is 1.55. The molecule has 1 rings (SSSR count). The molecule has 0 amide bonds. The molecule has 0 aromatic carbocycles. The number of alkyl halides is 3. The number of rotatable bonds is 2. The number of nitrogens with zero attached hydrogens (tertiary/aromatic N) is 1. The van der Waals surface area contributed by atoms with Gasteiger partial charge in [-0.2, -0.15) is 13.2 Å². The zero-order valence-corrected chi connectivity index (χ0v) is 11.4. The van der Waals surface area contributed by atoms with Gasteiger partial charge in [-0.25, -0.2) is 4.98 Å². The van der Waals surface area contributed by atoms with E-state index in [0.717, 1.165) is 12.1 Å². The lowest BCUT2D eigenvalue weighted by Crippen LogP contribution is -2.26. The SMILES string of the molecule is CC(C)(C)OC(=O)Cc1nc(Cl)ccc1C(F)(F)F. The topological polar surface area (TPSA) is 39.2 Å². The molecule has 0 spiro atoms. The summed E-state index contributed by atoms with van der Waals surface area (Å²) >= 11 is 5.55. The second kappa shape index (κ2) is 5.36. The van der Waals surface area contributed by atoms with Crippen molar-refractivity contribution in [2.24, 2.45) is 0 Å². The van der Waals surface area contributed by atoms with Crippen LogP contribution in [0.15, 0.2) is 12.1 Å². The molecular formula is C12H13ClF3NO2. The maximum Gasteiger partial charge on any atom is 0.418 e. The normalized spacial score (nSPS) is 12.4. The van der Waals surface area contributed by atoms with Crippen LogP contribution in [-0.2, 0) is 22.1 Å². The van der Waals surface area contributed by atoms with Crippen LogP contribution in [0.2, 0.25) is 5.15 Å². The number of carbonyl (C=O) groups is 1. The smallest absolute Gasteiger partial charge is 0.418 e. The Morgan fingerprint density at radius 2 is 1.89 bits per heavy atom. The predicted molar refractivity (Wildman–Crippen MR) is 63.8 cm³/mol. The number of pyridine rings is 1. The van der Waals surface area contributed by atoms with Gasteiger partial charge in [0.25, 0.3) is 0 Å². The lowest BCUT2D eigenvalue weighted by atomic mass is 10.1. The van der Waals surface area contributed by atoms with Crippen molar-refractivity contribution in [3.8, 4) is 0 Å². The first-order valence-corrected chi connectivity index (χ1v) is 5.81. The Balaban J connectivity index is 3.00. The van der Waals surface area contributed by atoms with E-state index in [9.17, 15) is 18.0 Å². The molecule has 0 aliphatic rings. The summed E-state index contributed by atoms with van der Waals surface area (Å²) in [7, 11) is 0. The van der Waals surface area contributed by atoms with Crippen molar-refractivity contribution in [1.29, 1.82) is 0 Å². The van der Waals surface area contributed by atoms with Gasteiger partial charge in [0.15, 0.2) is 0 Å². The Morgan fingerprint density at radius 1 is 1.32 bits per heavy atom. The van der Waals surface area contributed by atoms with Crippen molar-refractivity contribution in [2.45, 2.75) is 39.0 Å². The van der Waals surface area contributed by atoms with Crippen LogP contribution < -0.4 is 0 Å². The molecule has 1 heterocycles. The van der Waals surface area contributed by atoms with Gasteiger partial charge in [0.05, 0.1) is 17.7 Å². The van der Waals surface area contributed by atoms with Gasteiger partial charge in [-0.15, -0.1) is 0 Å². The van der Waals surface area contributed by atoms with Gasteiger partial charge >= 0.3 is 12.1 Å². The number of halogens is 4. The van der Waals surface area contributed by atoms with Crippen LogP contribution in [0.1, 0.15) is 32.0 Å². The van der Waals surface area contributed by atoms with Crippen LogP contribution in [0.4, 0.5) is 13.2 Å². The number of hydrogen-bond acceptors (Lipinski definition) is 3. The molecular weight excluding hydrogens is 283 g/mol. The fraction of sp³-hybridized carbons (Fsp3) is 0.500. The maximum atomic E-state index is 12.7. The van der Waals surface area contributed by atoms with E-state index in [2.05, 4.69) is 4.98 Å². The van der Waals surface area contributed by atoms with Gasteiger partial charge in [0.2, 0.25) is 0 Å². The quantitative estimate of drug-likeness (QED) is 0.618. The highest BCUT2D eigenvalue weighted by Gasteiger charge is 2.35. The van der Waals surface area contributed by atoms with Crippen LogP contribution in [0, 0.1) is 0 Å². The van der Waals surface area contributed by atoms with E-state index in [1.54, 1.807) is 20.8 Å². The summed E-state index contributed by atoms with van der Waals surface area (Å²) in [4.78, 5) is 15.1. The minimum absolute atomic E-state index is 0.105. The van der Waals surface area contributed by atoms with Crippen LogP contribution in [-0.4, -0.2) is 16.6 Å². The average Bonchev–Trinajstić information content (AvgIpc) is 2.11. The lowest BCUT2D eigenvalue weighted by molar-refractivity contribution is -0.154. The first-order valence-electron chi connectivity index (χ1n) is 5.43. The summed E-state index contributed by atoms with van der Waals surface area (Å²) in [5.41, 5.74) is -2.19. The number of esters is 1. The van der Waals surface area contributed by atoms with Gasteiger partial charge in [-0.3, -0.25) is 4.79 Å². The van der Waals surface area contributed by atoms with E-state index in [-0.39, 0.29) is 5.15 Å². The van der Waals surface area contributed by atoms with Gasteiger partial charge in [0.1, 0.15) is 10.8 Å². The molecule has 0 bridgehead atoms. The minimum Gasteiger partial charge on any atom is -0.460 e. The zero-order chi connectivity index (χ0) is 14.8. The Kier molecular flexibility index (Phi) is 4.45. The van der Waals surface area contributed by atoms with E-state index in [4.69, 9.17) is 16.3 Å². The second-order valence-electron chi connectivity index (χ2n) is 4.89. The van der Waals surface area contributed by atoms with Crippen LogP contribution in [0.5, 0.6) is 0 Å². The Bertz CT molecular complexity index is 481. The summed E-state index contributed by atoms with van der Waals surface area (Å²) in [6, 6.07) is 1.83. The van der Waals surface area contributed by atoms with Crippen LogP contribution in [0.3, 0.4) is 0 Å². The minimum atomic E-state index is -4.59. The Hall–Kier alpha value is -1.30. The van der Waals surface area contributed by atoms with E-state index < -0.39 is 35.4 Å². The van der Waals surface area contributed by atoms with Crippen molar-refractivity contribution in [1.82, 2.24) is 4.98 Å². The van der Waals surface area contributed by atoms with Gasteiger partial charge in [0, 0.05) is 0 Å². The first kappa shape index (κ1) is 15.8. The number of ether oxygens (including phenoxy) is 1. The summed E-state index contributed by atoms with van der Waals surface area (Å²) in [5.74, 6) is -0.784. The average molecular weight is 296 g/mol. The third-order valence-electron chi connectivity index (χ3n) is 1.98.